The van der Waals surface area contributed by atoms with E-state index in [0.29, 0.717) is 12.2 Å². The number of nitrogens with zero attached hydrogens (tertiary/aromatic N) is 1. The van der Waals surface area contributed by atoms with Crippen LogP contribution < -0.4 is 16.4 Å². The van der Waals surface area contributed by atoms with Crippen LogP contribution >= 0.6 is 0 Å². The van der Waals surface area contributed by atoms with Crippen molar-refractivity contribution in [1.29, 1.82) is 0 Å². The van der Waals surface area contributed by atoms with Crippen LogP contribution in [-0.4, -0.2) is 51.5 Å². The van der Waals surface area contributed by atoms with Gasteiger partial charge in [0.25, 0.3) is 0 Å². The molecular weight excluding hydrogens is 350 g/mol. The molecule has 6 N–H and O–H groups in total. The number of unbranched alkanes of at least 4 members (excludes halogenated alkanes) is 5. The van der Waals surface area contributed by atoms with Gasteiger partial charge >= 0.3 is 12.0 Å². The number of ketones is 1. The molecule has 0 spiro atoms. The molecule has 3 atom stereocenters. The molecule has 9 heteroatoms. The van der Waals surface area contributed by atoms with Gasteiger partial charge in [-0.1, -0.05) is 39.0 Å². The maximum Gasteiger partial charge on any atom is 0.327 e. The SMILES string of the molecule is CCCCCCCCNC(=O)N[C@H](C(=O)O)C(C(=O)[C@H](C)N)c1cnc[nH]1. The van der Waals surface area contributed by atoms with Crippen molar-refractivity contribution in [1.82, 2.24) is 20.6 Å². The minimum atomic E-state index is -1.45. The van der Waals surface area contributed by atoms with Crippen molar-refractivity contribution in [2.24, 2.45) is 5.73 Å². The first kappa shape index (κ1) is 22.6. The van der Waals surface area contributed by atoms with Gasteiger partial charge in [-0.3, -0.25) is 4.79 Å². The van der Waals surface area contributed by atoms with Crippen molar-refractivity contribution in [2.45, 2.75) is 70.4 Å². The monoisotopic (exact) mass is 381 g/mol. The van der Waals surface area contributed by atoms with Gasteiger partial charge in [0.1, 0.15) is 6.04 Å². The van der Waals surface area contributed by atoms with E-state index < -0.39 is 35.8 Å². The zero-order valence-electron chi connectivity index (χ0n) is 16.0. The summed E-state index contributed by atoms with van der Waals surface area (Å²) in [5.41, 5.74) is 5.95. The highest BCUT2D eigenvalue weighted by Gasteiger charge is 2.38. The van der Waals surface area contributed by atoms with E-state index in [0.717, 1.165) is 19.3 Å². The van der Waals surface area contributed by atoms with Crippen LogP contribution in [0.3, 0.4) is 0 Å². The predicted octanol–water partition coefficient (Wildman–Crippen LogP) is 1.52. The number of rotatable bonds is 13. The van der Waals surface area contributed by atoms with Crippen molar-refractivity contribution in [3.63, 3.8) is 0 Å². The van der Waals surface area contributed by atoms with Gasteiger partial charge in [-0.2, -0.15) is 0 Å². The minimum Gasteiger partial charge on any atom is -0.480 e. The maximum atomic E-state index is 12.4. The quantitative estimate of drug-likeness (QED) is 0.327. The highest BCUT2D eigenvalue weighted by molar-refractivity contribution is 5.96. The van der Waals surface area contributed by atoms with Gasteiger partial charge in [-0.25, -0.2) is 14.6 Å². The second kappa shape index (κ2) is 12.1. The Bertz CT molecular complexity index is 589. The summed E-state index contributed by atoms with van der Waals surface area (Å²) in [4.78, 5) is 42.8. The Morgan fingerprint density at radius 3 is 2.44 bits per heavy atom. The molecule has 1 aromatic rings. The lowest BCUT2D eigenvalue weighted by Gasteiger charge is -2.24. The Hall–Kier alpha value is -2.42. The molecule has 0 fully saturated rings. The molecule has 1 rings (SSSR count). The van der Waals surface area contributed by atoms with Crippen LogP contribution in [-0.2, 0) is 9.59 Å². The molecular formula is C18H31N5O4. The number of carboxylic acid groups (broad SMARTS) is 1. The average molecular weight is 381 g/mol. The van der Waals surface area contributed by atoms with Crippen LogP contribution in [0.25, 0.3) is 0 Å². The lowest BCUT2D eigenvalue weighted by Crippen LogP contribution is -2.52. The summed E-state index contributed by atoms with van der Waals surface area (Å²) >= 11 is 0. The second-order valence-electron chi connectivity index (χ2n) is 6.66. The summed E-state index contributed by atoms with van der Waals surface area (Å²) in [6.45, 7) is 4.07. The third-order valence-corrected chi connectivity index (χ3v) is 4.31. The second-order valence-corrected chi connectivity index (χ2v) is 6.66. The molecule has 0 saturated carbocycles. The number of nitrogens with two attached hydrogens (primary N) is 1. The van der Waals surface area contributed by atoms with E-state index in [4.69, 9.17) is 5.73 Å². The Morgan fingerprint density at radius 2 is 1.89 bits per heavy atom. The molecule has 152 valence electrons. The number of carbonyl (C=O) groups is 3. The van der Waals surface area contributed by atoms with Crippen LogP contribution in [0.2, 0.25) is 0 Å². The van der Waals surface area contributed by atoms with E-state index in [-0.39, 0.29) is 0 Å². The van der Waals surface area contributed by atoms with Gasteiger partial charge in [0.15, 0.2) is 5.78 Å². The molecule has 9 nitrogen and oxygen atoms in total. The van der Waals surface area contributed by atoms with Crippen LogP contribution in [0.1, 0.15) is 64.0 Å². The number of hydrogen-bond donors (Lipinski definition) is 5. The summed E-state index contributed by atoms with van der Waals surface area (Å²) in [6.07, 6.45) is 9.19. The Balaban J connectivity index is 2.64. The van der Waals surface area contributed by atoms with Crippen molar-refractivity contribution in [3.05, 3.63) is 18.2 Å². The van der Waals surface area contributed by atoms with Crippen LogP contribution in [0.15, 0.2) is 12.5 Å². The number of aromatic amines is 1. The van der Waals surface area contributed by atoms with E-state index in [9.17, 15) is 19.5 Å². The standard InChI is InChI=1S/C18H31N5O4/c1-3-4-5-6-7-8-9-21-18(27)23-15(17(25)26)14(16(24)12(2)19)13-10-20-11-22-13/h10-12,14-15H,3-9,19H2,1-2H3,(H,20,22)(H,25,26)(H2,21,23,27)/t12-,14?,15-/m0/s1. The van der Waals surface area contributed by atoms with Gasteiger partial charge in [0.2, 0.25) is 0 Å². The molecule has 1 unspecified atom stereocenters. The van der Waals surface area contributed by atoms with E-state index >= 15 is 0 Å². The molecule has 0 aromatic carbocycles. The fourth-order valence-electron chi connectivity index (χ4n) is 2.80. The van der Waals surface area contributed by atoms with Crippen LogP contribution in [0, 0.1) is 0 Å². The number of Topliss-reactive ketones (excluding diaryl/α,β-unsaturated/α-hetero) is 1. The summed E-state index contributed by atoms with van der Waals surface area (Å²) in [5.74, 6) is -2.97. The fraction of sp³-hybridized carbons (Fsp3) is 0.667. The number of amides is 2. The molecule has 0 bridgehead atoms. The number of imidazole rings is 1. The van der Waals surface area contributed by atoms with Crippen molar-refractivity contribution in [3.8, 4) is 0 Å². The molecule has 0 aliphatic rings. The number of aromatic nitrogens is 2. The highest BCUT2D eigenvalue weighted by atomic mass is 16.4. The van der Waals surface area contributed by atoms with E-state index in [2.05, 4.69) is 27.5 Å². The van der Waals surface area contributed by atoms with Crippen molar-refractivity contribution in [2.75, 3.05) is 6.54 Å². The lowest BCUT2D eigenvalue weighted by atomic mass is 9.89. The fourth-order valence-corrected chi connectivity index (χ4v) is 2.80. The molecule has 1 aromatic heterocycles. The van der Waals surface area contributed by atoms with Gasteiger partial charge in [0, 0.05) is 18.4 Å². The molecule has 0 radical (unpaired) electrons. The molecule has 27 heavy (non-hydrogen) atoms. The third-order valence-electron chi connectivity index (χ3n) is 4.31. The molecule has 0 aliphatic carbocycles. The first-order valence-corrected chi connectivity index (χ1v) is 9.43. The van der Waals surface area contributed by atoms with Crippen LogP contribution in [0.4, 0.5) is 4.79 Å². The Labute approximate surface area is 159 Å². The molecule has 0 saturated heterocycles. The van der Waals surface area contributed by atoms with Crippen LogP contribution in [0.5, 0.6) is 0 Å². The number of urea groups is 1. The predicted molar refractivity (Wildman–Crippen MR) is 101 cm³/mol. The van der Waals surface area contributed by atoms with Gasteiger partial charge in [-0.15, -0.1) is 0 Å². The number of nitrogens with one attached hydrogen (secondary N) is 3. The summed E-state index contributed by atoms with van der Waals surface area (Å²) in [5, 5.41) is 14.6. The summed E-state index contributed by atoms with van der Waals surface area (Å²) in [6, 6.07) is -2.96. The number of carboxylic acids is 1. The summed E-state index contributed by atoms with van der Waals surface area (Å²) in [7, 11) is 0. The zero-order chi connectivity index (χ0) is 20.2. The van der Waals surface area contributed by atoms with Gasteiger partial charge in [-0.05, 0) is 13.3 Å². The number of carbonyl (C=O) groups excluding carboxylic acids is 2. The molecule has 2 amide bonds. The Morgan fingerprint density at radius 1 is 1.22 bits per heavy atom. The van der Waals surface area contributed by atoms with E-state index in [1.165, 1.54) is 38.7 Å². The smallest absolute Gasteiger partial charge is 0.327 e. The highest BCUT2D eigenvalue weighted by Crippen LogP contribution is 2.20. The molecule has 0 aliphatic heterocycles. The zero-order valence-corrected chi connectivity index (χ0v) is 16.0. The number of H-pyrrole nitrogens is 1. The van der Waals surface area contributed by atoms with Gasteiger partial charge < -0.3 is 26.5 Å². The lowest BCUT2D eigenvalue weighted by molar-refractivity contribution is -0.142. The topological polar surface area (TPSA) is 150 Å². The van der Waals surface area contributed by atoms with E-state index in [1.807, 2.05) is 0 Å². The van der Waals surface area contributed by atoms with Crippen molar-refractivity contribution < 1.29 is 19.5 Å². The average Bonchev–Trinajstić information content (AvgIpc) is 3.14. The maximum absolute atomic E-state index is 12.4. The van der Waals surface area contributed by atoms with E-state index in [1.54, 1.807) is 0 Å². The third kappa shape index (κ3) is 7.78. The first-order valence-electron chi connectivity index (χ1n) is 9.43. The number of hydrogen-bond acceptors (Lipinski definition) is 5. The largest absolute Gasteiger partial charge is 0.480 e. The first-order chi connectivity index (χ1) is 12.9. The van der Waals surface area contributed by atoms with Gasteiger partial charge in [0.05, 0.1) is 18.3 Å². The Kier molecular flexibility index (Phi) is 10.1. The molecule has 1 heterocycles. The summed E-state index contributed by atoms with van der Waals surface area (Å²) < 4.78 is 0. The number of aliphatic carboxylic acids is 1. The van der Waals surface area contributed by atoms with Crippen molar-refractivity contribution >= 4 is 17.8 Å². The normalized spacial score (nSPS) is 14.2. The minimum absolute atomic E-state index is 0.293.